The van der Waals surface area contributed by atoms with E-state index in [2.05, 4.69) is 28.8 Å². The van der Waals surface area contributed by atoms with Gasteiger partial charge in [-0.05, 0) is 76.1 Å². The highest BCUT2D eigenvalue weighted by Crippen LogP contribution is 2.13. The Kier molecular flexibility index (Phi) is 9.64. The van der Waals surface area contributed by atoms with Crippen molar-refractivity contribution in [3.8, 4) is 0 Å². The van der Waals surface area contributed by atoms with Crippen LogP contribution < -0.4 is 0 Å². The monoisotopic (exact) mass is 363 g/mol. The SMILES string of the molecule is CCN(CC)CCO/N=C(/CCCN1CCCCC1)c1ccc(F)cc1. The lowest BCUT2D eigenvalue weighted by Gasteiger charge is -2.26. The standard InChI is InChI=1S/C21H34FN3O/c1-3-24(4-2)17-18-26-23-21(19-10-12-20(22)13-11-19)9-8-16-25-14-6-5-7-15-25/h10-13H,3-9,14-18H2,1-2H3/b23-21-. The first-order chi connectivity index (χ1) is 12.7. The van der Waals surface area contributed by atoms with E-state index in [1.54, 1.807) is 12.1 Å². The topological polar surface area (TPSA) is 28.1 Å². The van der Waals surface area contributed by atoms with E-state index in [0.29, 0.717) is 6.61 Å². The number of likely N-dealkylation sites (N-methyl/N-ethyl adjacent to an activating group) is 1. The van der Waals surface area contributed by atoms with Crippen LogP contribution in [0.15, 0.2) is 29.4 Å². The van der Waals surface area contributed by atoms with Gasteiger partial charge in [0.2, 0.25) is 0 Å². The summed E-state index contributed by atoms with van der Waals surface area (Å²) in [6, 6.07) is 6.57. The molecule has 0 unspecified atom stereocenters. The zero-order chi connectivity index (χ0) is 18.6. The molecule has 0 spiro atoms. The summed E-state index contributed by atoms with van der Waals surface area (Å²) in [5, 5.41) is 4.40. The van der Waals surface area contributed by atoms with Crippen molar-refractivity contribution in [3.63, 3.8) is 0 Å². The highest BCUT2D eigenvalue weighted by Gasteiger charge is 2.11. The summed E-state index contributed by atoms with van der Waals surface area (Å²) in [4.78, 5) is 10.4. The summed E-state index contributed by atoms with van der Waals surface area (Å²) in [5.41, 5.74) is 1.87. The van der Waals surface area contributed by atoms with Gasteiger partial charge >= 0.3 is 0 Å². The molecule has 0 saturated carbocycles. The van der Waals surface area contributed by atoms with Crippen LogP contribution in [0.2, 0.25) is 0 Å². The van der Waals surface area contributed by atoms with E-state index in [1.807, 2.05) is 0 Å². The number of hydrogen-bond acceptors (Lipinski definition) is 4. The fourth-order valence-corrected chi connectivity index (χ4v) is 3.37. The van der Waals surface area contributed by atoms with Crippen LogP contribution in [0.25, 0.3) is 0 Å². The molecule has 26 heavy (non-hydrogen) atoms. The molecule has 1 aromatic rings. The molecule has 0 N–H and O–H groups in total. The first-order valence-corrected chi connectivity index (χ1v) is 10.1. The molecular formula is C21H34FN3O. The van der Waals surface area contributed by atoms with E-state index in [9.17, 15) is 4.39 Å². The lowest BCUT2D eigenvalue weighted by molar-refractivity contribution is 0.114. The van der Waals surface area contributed by atoms with Gasteiger partial charge in [-0.3, -0.25) is 0 Å². The summed E-state index contributed by atoms with van der Waals surface area (Å²) >= 11 is 0. The van der Waals surface area contributed by atoms with Crippen molar-refractivity contribution in [2.45, 2.75) is 46.0 Å². The molecule has 146 valence electrons. The van der Waals surface area contributed by atoms with E-state index in [-0.39, 0.29) is 5.82 Å². The molecule has 1 aliphatic heterocycles. The highest BCUT2D eigenvalue weighted by atomic mass is 19.1. The minimum atomic E-state index is -0.219. The van der Waals surface area contributed by atoms with Gasteiger partial charge in [-0.25, -0.2) is 4.39 Å². The number of hydrogen-bond donors (Lipinski definition) is 0. The number of rotatable bonds is 11. The summed E-state index contributed by atoms with van der Waals surface area (Å²) in [6.45, 7) is 11.3. The van der Waals surface area contributed by atoms with Crippen LogP contribution >= 0.6 is 0 Å². The van der Waals surface area contributed by atoms with E-state index in [4.69, 9.17) is 4.84 Å². The molecule has 0 aromatic heterocycles. The second-order valence-electron chi connectivity index (χ2n) is 6.91. The Hall–Kier alpha value is -1.46. The number of halogens is 1. The zero-order valence-electron chi connectivity index (χ0n) is 16.4. The third-order valence-electron chi connectivity index (χ3n) is 5.08. The minimum Gasteiger partial charge on any atom is -0.394 e. The molecule has 4 nitrogen and oxygen atoms in total. The third kappa shape index (κ3) is 7.42. The summed E-state index contributed by atoms with van der Waals surface area (Å²) in [6.07, 6.45) is 5.89. The van der Waals surface area contributed by atoms with Gasteiger partial charge in [0, 0.05) is 6.54 Å². The summed E-state index contributed by atoms with van der Waals surface area (Å²) < 4.78 is 13.2. The highest BCUT2D eigenvalue weighted by molar-refractivity contribution is 6.00. The fourth-order valence-electron chi connectivity index (χ4n) is 3.37. The quantitative estimate of drug-likeness (QED) is 0.336. The summed E-state index contributed by atoms with van der Waals surface area (Å²) in [5.74, 6) is -0.219. The summed E-state index contributed by atoms with van der Waals surface area (Å²) in [7, 11) is 0. The van der Waals surface area contributed by atoms with Crippen LogP contribution in [-0.2, 0) is 4.84 Å². The molecule has 1 aliphatic rings. The Labute approximate surface area is 158 Å². The van der Waals surface area contributed by atoms with Crippen LogP contribution in [0.3, 0.4) is 0 Å². The Morgan fingerprint density at radius 2 is 1.81 bits per heavy atom. The molecule has 0 amide bonds. The lowest BCUT2D eigenvalue weighted by Crippen LogP contribution is -2.30. The van der Waals surface area contributed by atoms with Crippen LogP contribution in [-0.4, -0.2) is 61.4 Å². The first-order valence-electron chi connectivity index (χ1n) is 10.1. The predicted octanol–water partition coefficient (Wildman–Crippen LogP) is 4.15. The number of oxime groups is 1. The molecule has 0 atom stereocenters. The van der Waals surface area contributed by atoms with Crippen molar-refractivity contribution in [1.29, 1.82) is 0 Å². The van der Waals surface area contributed by atoms with Crippen molar-refractivity contribution in [1.82, 2.24) is 9.80 Å². The minimum absolute atomic E-state index is 0.219. The van der Waals surface area contributed by atoms with Gasteiger partial charge in [-0.15, -0.1) is 0 Å². The fraction of sp³-hybridized carbons (Fsp3) is 0.667. The van der Waals surface area contributed by atoms with E-state index in [0.717, 1.165) is 50.3 Å². The van der Waals surface area contributed by atoms with Gasteiger partial charge in [-0.1, -0.05) is 37.6 Å². The van der Waals surface area contributed by atoms with Crippen LogP contribution in [0.5, 0.6) is 0 Å². The Morgan fingerprint density at radius 1 is 1.12 bits per heavy atom. The maximum Gasteiger partial charge on any atom is 0.129 e. The average Bonchev–Trinajstić information content (AvgIpc) is 2.68. The van der Waals surface area contributed by atoms with Crippen LogP contribution in [0.1, 0.15) is 51.5 Å². The van der Waals surface area contributed by atoms with Gasteiger partial charge in [-0.2, -0.15) is 0 Å². The normalized spacial score (nSPS) is 16.2. The van der Waals surface area contributed by atoms with Crippen molar-refractivity contribution < 1.29 is 9.23 Å². The molecule has 1 aromatic carbocycles. The predicted molar refractivity (Wildman–Crippen MR) is 106 cm³/mol. The van der Waals surface area contributed by atoms with Crippen molar-refractivity contribution in [2.75, 3.05) is 45.9 Å². The van der Waals surface area contributed by atoms with Gasteiger partial charge in [0.1, 0.15) is 12.4 Å². The molecule has 1 heterocycles. The third-order valence-corrected chi connectivity index (χ3v) is 5.08. The lowest BCUT2D eigenvalue weighted by atomic mass is 10.0. The first kappa shape index (κ1) is 20.8. The Bertz CT molecular complexity index is 523. The van der Waals surface area contributed by atoms with Gasteiger partial charge in [0.25, 0.3) is 0 Å². The Balaban J connectivity index is 1.88. The van der Waals surface area contributed by atoms with Gasteiger partial charge < -0.3 is 14.6 Å². The largest absolute Gasteiger partial charge is 0.394 e. The molecule has 5 heteroatoms. The number of nitrogens with zero attached hydrogens (tertiary/aromatic N) is 3. The van der Waals surface area contributed by atoms with Crippen molar-refractivity contribution >= 4 is 5.71 Å². The number of likely N-dealkylation sites (tertiary alicyclic amines) is 1. The van der Waals surface area contributed by atoms with Gasteiger partial charge in [0.05, 0.1) is 5.71 Å². The van der Waals surface area contributed by atoms with Crippen LogP contribution in [0, 0.1) is 5.82 Å². The smallest absolute Gasteiger partial charge is 0.129 e. The Morgan fingerprint density at radius 3 is 2.46 bits per heavy atom. The molecule has 0 bridgehead atoms. The van der Waals surface area contributed by atoms with E-state index >= 15 is 0 Å². The molecule has 0 aliphatic carbocycles. The van der Waals surface area contributed by atoms with E-state index in [1.165, 1.54) is 44.5 Å². The maximum absolute atomic E-state index is 13.2. The number of piperidine rings is 1. The molecule has 1 fully saturated rings. The van der Waals surface area contributed by atoms with Crippen LogP contribution in [0.4, 0.5) is 4.39 Å². The second kappa shape index (κ2) is 12.0. The zero-order valence-corrected chi connectivity index (χ0v) is 16.4. The maximum atomic E-state index is 13.2. The molecule has 1 saturated heterocycles. The van der Waals surface area contributed by atoms with Crippen molar-refractivity contribution in [3.05, 3.63) is 35.6 Å². The number of benzene rings is 1. The molecule has 0 radical (unpaired) electrons. The molecular weight excluding hydrogens is 329 g/mol. The average molecular weight is 364 g/mol. The second-order valence-corrected chi connectivity index (χ2v) is 6.91. The van der Waals surface area contributed by atoms with E-state index < -0.39 is 0 Å². The molecule has 2 rings (SSSR count). The van der Waals surface area contributed by atoms with Gasteiger partial charge in [0.15, 0.2) is 0 Å². The van der Waals surface area contributed by atoms with Crippen molar-refractivity contribution in [2.24, 2.45) is 5.16 Å².